The summed E-state index contributed by atoms with van der Waals surface area (Å²) >= 11 is 7.23. The van der Waals surface area contributed by atoms with Gasteiger partial charge in [0.25, 0.3) is 0 Å². The third kappa shape index (κ3) is 5.02. The van der Waals surface area contributed by atoms with Crippen LogP contribution in [0.25, 0.3) is 0 Å². The molecule has 17 heavy (non-hydrogen) atoms. The van der Waals surface area contributed by atoms with Crippen LogP contribution in [0.4, 0.5) is 0 Å². The Morgan fingerprint density at radius 2 is 2.29 bits per heavy atom. The number of hydrogen-bond acceptors (Lipinski definition) is 4. The highest BCUT2D eigenvalue weighted by atomic mass is 35.5. The van der Waals surface area contributed by atoms with Gasteiger partial charge in [0.1, 0.15) is 9.34 Å². The van der Waals surface area contributed by atoms with E-state index in [1.54, 1.807) is 13.2 Å². The van der Waals surface area contributed by atoms with E-state index in [1.165, 1.54) is 11.3 Å². The van der Waals surface area contributed by atoms with Crippen LogP contribution in [0.1, 0.15) is 25.3 Å². The Kier molecular flexibility index (Phi) is 5.88. The minimum Gasteiger partial charge on any atom is -0.358 e. The first-order valence-corrected chi connectivity index (χ1v) is 6.77. The molecule has 0 fully saturated rings. The van der Waals surface area contributed by atoms with Crippen molar-refractivity contribution in [3.63, 3.8) is 0 Å². The molecule has 1 rings (SSSR count). The Balaban J connectivity index is 2.51. The summed E-state index contributed by atoms with van der Waals surface area (Å²) in [5.74, 6) is 0.478. The second kappa shape index (κ2) is 6.93. The molecule has 0 aromatic carbocycles. The number of carbonyl (C=O) groups excluding carboxylic acids is 1. The van der Waals surface area contributed by atoms with Crippen LogP contribution >= 0.6 is 22.9 Å². The summed E-state index contributed by atoms with van der Waals surface area (Å²) in [4.78, 5) is 15.8. The van der Waals surface area contributed by atoms with Crippen molar-refractivity contribution in [3.05, 3.63) is 15.5 Å². The van der Waals surface area contributed by atoms with Crippen molar-refractivity contribution in [1.82, 2.24) is 15.6 Å². The average molecular weight is 276 g/mol. The van der Waals surface area contributed by atoms with Gasteiger partial charge in [-0.2, -0.15) is 0 Å². The molecule has 1 amide bonds. The van der Waals surface area contributed by atoms with Gasteiger partial charge in [-0.3, -0.25) is 10.1 Å². The Hall–Kier alpha value is -0.650. The minimum absolute atomic E-state index is 0.0151. The fraction of sp³-hybridized carbons (Fsp3) is 0.636. The predicted octanol–water partition coefficient (Wildman–Crippen LogP) is 2.05. The van der Waals surface area contributed by atoms with Crippen molar-refractivity contribution >= 4 is 28.8 Å². The van der Waals surface area contributed by atoms with E-state index >= 15 is 0 Å². The van der Waals surface area contributed by atoms with Crippen LogP contribution in [-0.4, -0.2) is 24.0 Å². The summed E-state index contributed by atoms with van der Waals surface area (Å²) in [5, 5.41) is 6.77. The summed E-state index contributed by atoms with van der Waals surface area (Å²) in [6.45, 7) is 4.76. The quantitative estimate of drug-likeness (QED) is 0.835. The Bertz CT molecular complexity index is 367. The average Bonchev–Trinajstić information content (AvgIpc) is 2.68. The van der Waals surface area contributed by atoms with Gasteiger partial charge < -0.3 is 5.32 Å². The van der Waals surface area contributed by atoms with Crippen LogP contribution in [0.3, 0.4) is 0 Å². The first kappa shape index (κ1) is 14.4. The molecule has 1 aromatic heterocycles. The van der Waals surface area contributed by atoms with Gasteiger partial charge in [-0.15, -0.1) is 11.3 Å². The number of nitrogens with zero attached hydrogens (tertiary/aromatic N) is 1. The van der Waals surface area contributed by atoms with E-state index in [9.17, 15) is 4.79 Å². The number of amides is 1. The molecule has 96 valence electrons. The number of hydrogen-bond donors (Lipinski definition) is 2. The lowest BCUT2D eigenvalue weighted by Crippen LogP contribution is -2.43. The standard InChI is InChI=1S/C11H18ClN3OS/c1-7(2)4-8(11(16)13-3)14-6-10-15-5-9(12)17-10/h5,7-8,14H,4,6H2,1-3H3,(H,13,16). The zero-order valence-corrected chi connectivity index (χ0v) is 11.9. The highest BCUT2D eigenvalue weighted by molar-refractivity contribution is 7.15. The number of likely N-dealkylation sites (N-methyl/N-ethyl adjacent to an activating group) is 1. The molecule has 1 unspecified atom stereocenters. The van der Waals surface area contributed by atoms with Gasteiger partial charge in [-0.05, 0) is 12.3 Å². The third-order valence-electron chi connectivity index (χ3n) is 2.30. The van der Waals surface area contributed by atoms with Gasteiger partial charge in [0, 0.05) is 13.6 Å². The van der Waals surface area contributed by atoms with Crippen molar-refractivity contribution in [2.24, 2.45) is 5.92 Å². The molecule has 0 saturated carbocycles. The number of halogens is 1. The monoisotopic (exact) mass is 275 g/mol. The van der Waals surface area contributed by atoms with Gasteiger partial charge in [0.2, 0.25) is 5.91 Å². The summed E-state index contributed by atoms with van der Waals surface area (Å²) < 4.78 is 0.669. The van der Waals surface area contributed by atoms with Crippen molar-refractivity contribution < 1.29 is 4.79 Å². The number of aromatic nitrogens is 1. The molecule has 1 aromatic rings. The lowest BCUT2D eigenvalue weighted by atomic mass is 10.0. The molecule has 1 atom stereocenters. The SMILES string of the molecule is CNC(=O)C(CC(C)C)NCc1ncc(Cl)s1. The number of thiazole rings is 1. The molecular weight excluding hydrogens is 258 g/mol. The number of carbonyl (C=O) groups is 1. The van der Waals surface area contributed by atoms with E-state index in [4.69, 9.17) is 11.6 Å². The number of rotatable bonds is 6. The molecule has 2 N–H and O–H groups in total. The summed E-state index contributed by atoms with van der Waals surface area (Å²) in [6.07, 6.45) is 2.43. The summed E-state index contributed by atoms with van der Waals surface area (Å²) in [7, 11) is 1.65. The van der Waals surface area contributed by atoms with Crippen molar-refractivity contribution in [3.8, 4) is 0 Å². The van der Waals surface area contributed by atoms with E-state index < -0.39 is 0 Å². The largest absolute Gasteiger partial charge is 0.358 e. The molecule has 0 aliphatic carbocycles. The first-order valence-electron chi connectivity index (χ1n) is 5.58. The minimum atomic E-state index is -0.178. The van der Waals surface area contributed by atoms with Gasteiger partial charge in [-0.1, -0.05) is 25.4 Å². The van der Waals surface area contributed by atoms with Crippen LogP contribution < -0.4 is 10.6 Å². The summed E-state index contributed by atoms with van der Waals surface area (Å²) in [6, 6.07) is -0.178. The number of nitrogens with one attached hydrogen (secondary N) is 2. The fourth-order valence-corrected chi connectivity index (χ4v) is 2.42. The molecule has 0 aliphatic rings. The van der Waals surface area contributed by atoms with Crippen LogP contribution in [0.5, 0.6) is 0 Å². The van der Waals surface area contributed by atoms with Crippen LogP contribution in [0.15, 0.2) is 6.20 Å². The lowest BCUT2D eigenvalue weighted by molar-refractivity contribution is -0.123. The Labute approximate surface area is 111 Å². The highest BCUT2D eigenvalue weighted by Crippen LogP contribution is 2.18. The fourth-order valence-electron chi connectivity index (χ4n) is 1.51. The van der Waals surface area contributed by atoms with Crippen LogP contribution in [-0.2, 0) is 11.3 Å². The maximum absolute atomic E-state index is 11.7. The van der Waals surface area contributed by atoms with Crippen molar-refractivity contribution in [1.29, 1.82) is 0 Å². The zero-order chi connectivity index (χ0) is 12.8. The molecule has 0 radical (unpaired) electrons. The van der Waals surface area contributed by atoms with E-state index in [0.717, 1.165) is 11.4 Å². The molecule has 6 heteroatoms. The van der Waals surface area contributed by atoms with Crippen LogP contribution in [0.2, 0.25) is 4.34 Å². The normalized spacial score (nSPS) is 12.8. The predicted molar refractivity (Wildman–Crippen MR) is 71.3 cm³/mol. The molecule has 1 heterocycles. The van der Waals surface area contributed by atoms with Gasteiger partial charge >= 0.3 is 0 Å². The van der Waals surface area contributed by atoms with Crippen molar-refractivity contribution in [2.45, 2.75) is 32.9 Å². The van der Waals surface area contributed by atoms with E-state index in [2.05, 4.69) is 29.5 Å². The van der Waals surface area contributed by atoms with Crippen molar-refractivity contribution in [2.75, 3.05) is 7.05 Å². The molecule has 0 saturated heterocycles. The molecule has 0 bridgehead atoms. The van der Waals surface area contributed by atoms with E-state index in [1.807, 2.05) is 0 Å². The lowest BCUT2D eigenvalue weighted by Gasteiger charge is -2.18. The first-order chi connectivity index (χ1) is 8.02. The molecule has 0 spiro atoms. The molecule has 4 nitrogen and oxygen atoms in total. The van der Waals surface area contributed by atoms with Gasteiger partial charge in [0.15, 0.2) is 0 Å². The second-order valence-electron chi connectivity index (χ2n) is 4.24. The second-order valence-corrected chi connectivity index (χ2v) is 5.98. The van der Waals surface area contributed by atoms with E-state index in [0.29, 0.717) is 16.8 Å². The van der Waals surface area contributed by atoms with Gasteiger partial charge in [0.05, 0.1) is 12.2 Å². The van der Waals surface area contributed by atoms with Gasteiger partial charge in [-0.25, -0.2) is 4.98 Å². The Morgan fingerprint density at radius 1 is 1.59 bits per heavy atom. The zero-order valence-electron chi connectivity index (χ0n) is 10.3. The van der Waals surface area contributed by atoms with Crippen LogP contribution in [0, 0.1) is 5.92 Å². The maximum Gasteiger partial charge on any atom is 0.236 e. The highest BCUT2D eigenvalue weighted by Gasteiger charge is 2.18. The molecular formula is C11H18ClN3OS. The molecule has 0 aliphatic heterocycles. The Morgan fingerprint density at radius 3 is 2.76 bits per heavy atom. The topological polar surface area (TPSA) is 54.0 Å². The third-order valence-corrected chi connectivity index (χ3v) is 3.41. The summed E-state index contributed by atoms with van der Waals surface area (Å²) in [5.41, 5.74) is 0. The maximum atomic E-state index is 11.7. The smallest absolute Gasteiger partial charge is 0.236 e. The van der Waals surface area contributed by atoms with E-state index in [-0.39, 0.29) is 11.9 Å².